The average molecular weight is 1380 g/mol. The zero-order valence-electron chi connectivity index (χ0n) is 54.9. The molecule has 24 nitrogen and oxygen atoms in total. The molecular formula is C64H88Cl3N16O8S2-. The Morgan fingerprint density at radius 1 is 0.548 bits per heavy atom. The first-order valence-electron chi connectivity index (χ1n) is 30.3. The van der Waals surface area contributed by atoms with Crippen molar-refractivity contribution in [3.8, 4) is 34.8 Å². The number of hydrogen-bond donors (Lipinski definition) is 6. The summed E-state index contributed by atoms with van der Waals surface area (Å²) in [5, 5.41) is 9.80. The quantitative estimate of drug-likeness (QED) is 0.0202. The van der Waals surface area contributed by atoms with Crippen molar-refractivity contribution in [1.29, 1.82) is 0 Å². The third kappa shape index (κ3) is 21.6. The highest BCUT2D eigenvalue weighted by molar-refractivity contribution is 7.92. The normalized spacial score (nSPS) is 16.1. The maximum Gasteiger partial charge on any atom is 0.229 e. The van der Waals surface area contributed by atoms with Crippen LogP contribution in [0.15, 0.2) is 73.1 Å². The number of aryl methyl sites for hydroxylation is 2. The molecule has 29 heteroatoms. The Balaban J connectivity index is 0.000000210. The van der Waals surface area contributed by atoms with Crippen LogP contribution in [0, 0.1) is 32.6 Å². The number of hydrogen-bond acceptors (Lipinski definition) is 22. The van der Waals surface area contributed by atoms with Gasteiger partial charge in [0.25, 0.3) is 0 Å². The fourth-order valence-electron chi connectivity index (χ4n) is 11.2. The summed E-state index contributed by atoms with van der Waals surface area (Å²) in [6.07, 6.45) is 9.73. The molecule has 0 spiro atoms. The van der Waals surface area contributed by atoms with Crippen molar-refractivity contribution in [3.63, 3.8) is 0 Å². The zero-order chi connectivity index (χ0) is 67.6. The van der Waals surface area contributed by atoms with Gasteiger partial charge in [-0.05, 0) is 113 Å². The van der Waals surface area contributed by atoms with Crippen LogP contribution >= 0.6 is 34.8 Å². The third-order valence-corrected chi connectivity index (χ3v) is 18.1. The lowest BCUT2D eigenvalue weighted by molar-refractivity contribution is 0.0982. The average Bonchev–Trinajstić information content (AvgIpc) is 0.884. The molecule has 0 aliphatic carbocycles. The van der Waals surface area contributed by atoms with Crippen LogP contribution in [-0.4, -0.2) is 202 Å². The molecule has 93 heavy (non-hydrogen) atoms. The Kier molecular flexibility index (Phi) is 26.9. The van der Waals surface area contributed by atoms with Crippen molar-refractivity contribution in [2.24, 2.45) is 0 Å². The van der Waals surface area contributed by atoms with Gasteiger partial charge in [-0.1, -0.05) is 30.1 Å². The summed E-state index contributed by atoms with van der Waals surface area (Å²) in [6, 6.07) is 19.4. The van der Waals surface area contributed by atoms with Gasteiger partial charge in [-0.2, -0.15) is 16.9 Å². The van der Waals surface area contributed by atoms with Crippen molar-refractivity contribution < 1.29 is 35.8 Å². The molecule has 4 aliphatic heterocycles. The Labute approximate surface area is 564 Å². The van der Waals surface area contributed by atoms with Gasteiger partial charge >= 0.3 is 0 Å². The van der Waals surface area contributed by atoms with Gasteiger partial charge in [-0.3, -0.25) is 25.2 Å². The number of aromatic nitrogens is 4. The lowest BCUT2D eigenvalue weighted by Crippen LogP contribution is -2.52. The number of ether oxygens (including phenoxy) is 4. The summed E-state index contributed by atoms with van der Waals surface area (Å²) >= 11 is 18.1. The minimum Gasteiger partial charge on any atom is -0.497 e. The number of benzene rings is 4. The van der Waals surface area contributed by atoms with Crippen LogP contribution < -0.4 is 59.9 Å². The first-order valence-corrected chi connectivity index (χ1v) is 35.2. The van der Waals surface area contributed by atoms with E-state index in [1.165, 1.54) is 83.0 Å². The second-order valence-electron chi connectivity index (χ2n) is 22.9. The van der Waals surface area contributed by atoms with Gasteiger partial charge in [-0.15, -0.1) is 0 Å². The van der Waals surface area contributed by atoms with E-state index in [0.717, 1.165) is 112 Å². The maximum atomic E-state index is 12.0. The molecule has 0 unspecified atom stereocenters. The maximum absolute atomic E-state index is 12.0. The van der Waals surface area contributed by atoms with Crippen LogP contribution in [-0.2, 0) is 20.0 Å². The molecule has 7 N–H and O–H groups in total. The van der Waals surface area contributed by atoms with Crippen molar-refractivity contribution >= 4 is 118 Å². The standard InChI is InChI=1S/C30H41ClN8O4S.C18H30N4O.C12H12Cl2N4O3S.C4H5/c1-20-16-26(28(43-4)18-27(20)39-10-8-21(9-11-39)38-14-12-37(2)13-15-38)34-30-32-19-23(31)29(35-30)33-24-7-6-22(42-3)17-25(24)36-44(5,40)41;1-14-12-16(19)18(23-3)13-17(14)22-6-4-15(5-7-22)21-10-8-20(2)9-11-21;1-21-7-3-4-9(10(5-7)18-22(2,19)20)16-11-8(13)6-15-12(14)17-11;1-3-4-2/h6-7,16-19,21,36H,8-15H2,1-5H3,(H2,32,33,34,35);12-13,15H,4-11,19H2,1-3H3;3-6,18H,1-2H3,(H,15,16,17);1H2,2H3/q;;;-1. The SMILES string of the molecule is COc1cc(N2CCC(N3CCN(C)CC3)CC2)c(C)cc1N.COc1ccc(Nc2nc(Cl)ncc2Cl)c(NS(C)(=O)=O)c1.COc1ccc(Nc2nc(Nc3cc(C)c(N4CCC(N5CCN(C)CC5)CC4)cc3OC)ncc2Cl)c(NS(C)(=O)=O)c1.[CH2-]C#CC. The summed E-state index contributed by atoms with van der Waals surface area (Å²) in [5.41, 5.74) is 13.7. The van der Waals surface area contributed by atoms with E-state index in [9.17, 15) is 16.8 Å². The van der Waals surface area contributed by atoms with E-state index in [1.807, 2.05) is 12.1 Å². The number of sulfonamides is 2. The summed E-state index contributed by atoms with van der Waals surface area (Å²) in [7, 11) is 3.71. The van der Waals surface area contributed by atoms with Gasteiger partial charge < -0.3 is 66.2 Å². The highest BCUT2D eigenvalue weighted by atomic mass is 35.5. The number of nitrogens with two attached hydrogens (primary N) is 1. The van der Waals surface area contributed by atoms with E-state index >= 15 is 0 Å². The van der Waals surface area contributed by atoms with E-state index in [4.69, 9.17) is 59.5 Å². The molecule has 0 atom stereocenters. The van der Waals surface area contributed by atoms with Crippen LogP contribution in [0.3, 0.4) is 0 Å². The van der Waals surface area contributed by atoms with Crippen molar-refractivity contribution in [2.75, 3.05) is 175 Å². The number of nitrogens with one attached hydrogen (secondary N) is 5. The molecule has 6 aromatic rings. The van der Waals surface area contributed by atoms with E-state index in [1.54, 1.807) is 51.5 Å². The molecule has 2 aromatic heterocycles. The number of halogens is 3. The fraction of sp³-hybridized carbons (Fsp3) is 0.453. The number of nitrogen functional groups attached to an aromatic ring is 1. The van der Waals surface area contributed by atoms with Gasteiger partial charge in [-0.25, -0.2) is 26.8 Å². The topological polar surface area (TPSA) is 262 Å². The number of likely N-dealkylation sites (N-methyl/N-ethyl adjacent to an activating group) is 2. The molecular weight excluding hydrogens is 1290 g/mol. The van der Waals surface area contributed by atoms with Crippen molar-refractivity contribution in [3.05, 3.63) is 106 Å². The van der Waals surface area contributed by atoms with E-state index in [2.05, 4.69) is 134 Å². The second kappa shape index (κ2) is 34.2. The largest absolute Gasteiger partial charge is 0.497 e. The number of nitrogens with zero attached hydrogens (tertiary/aromatic N) is 10. The van der Waals surface area contributed by atoms with Gasteiger partial charge in [0.2, 0.25) is 31.3 Å². The Morgan fingerprint density at radius 3 is 1.39 bits per heavy atom. The van der Waals surface area contributed by atoms with Crippen LogP contribution in [0.2, 0.25) is 15.3 Å². The number of methoxy groups -OCH3 is 4. The van der Waals surface area contributed by atoms with Gasteiger partial charge in [0.05, 0.1) is 87.5 Å². The molecule has 4 aromatic carbocycles. The highest BCUT2D eigenvalue weighted by Crippen LogP contribution is 2.39. The summed E-state index contributed by atoms with van der Waals surface area (Å²) in [5.74, 6) is 8.28. The van der Waals surface area contributed by atoms with E-state index in [0.29, 0.717) is 46.4 Å². The van der Waals surface area contributed by atoms with Crippen molar-refractivity contribution in [1.82, 2.24) is 39.5 Å². The molecule has 0 amide bonds. The van der Waals surface area contributed by atoms with Crippen LogP contribution in [0.25, 0.3) is 0 Å². The lowest BCUT2D eigenvalue weighted by atomic mass is 10.0. The molecule has 6 heterocycles. The Morgan fingerprint density at radius 2 is 0.968 bits per heavy atom. The molecule has 506 valence electrons. The third-order valence-electron chi connectivity index (χ3n) is 16.2. The molecule has 0 saturated carbocycles. The Hall–Kier alpha value is -7.32. The zero-order valence-corrected chi connectivity index (χ0v) is 58.8. The first kappa shape index (κ1) is 73.1. The minimum atomic E-state index is -3.55. The smallest absolute Gasteiger partial charge is 0.229 e. The molecule has 0 bridgehead atoms. The highest BCUT2D eigenvalue weighted by Gasteiger charge is 2.30. The summed E-state index contributed by atoms with van der Waals surface area (Å²) in [6.45, 7) is 22.9. The lowest BCUT2D eigenvalue weighted by Gasteiger charge is -2.43. The van der Waals surface area contributed by atoms with Gasteiger partial charge in [0.15, 0.2) is 11.6 Å². The summed E-state index contributed by atoms with van der Waals surface area (Å²) < 4.78 is 73.3. The monoisotopic (exact) mass is 1380 g/mol. The second-order valence-corrected chi connectivity index (χ2v) is 27.6. The predicted octanol–water partition coefficient (Wildman–Crippen LogP) is 10.1. The van der Waals surface area contributed by atoms with Gasteiger partial charge in [0.1, 0.15) is 33.0 Å². The minimum absolute atomic E-state index is 0.0121. The molecule has 4 aliphatic rings. The molecule has 0 radical (unpaired) electrons. The number of piperazine rings is 2. The fourth-order valence-corrected chi connectivity index (χ4v) is 12.8. The summed E-state index contributed by atoms with van der Waals surface area (Å²) in [4.78, 5) is 31.7. The van der Waals surface area contributed by atoms with E-state index in [-0.39, 0.29) is 32.5 Å². The predicted molar refractivity (Wildman–Crippen MR) is 379 cm³/mol. The molecule has 4 saturated heterocycles. The number of anilines is 11. The first-order chi connectivity index (χ1) is 44.3. The van der Waals surface area contributed by atoms with E-state index < -0.39 is 20.0 Å². The molecule has 10 rings (SSSR count). The number of rotatable bonds is 18. The molecule has 4 fully saturated rings. The van der Waals surface area contributed by atoms with Crippen LogP contribution in [0.5, 0.6) is 23.0 Å². The Bertz CT molecular complexity index is 3760. The van der Waals surface area contributed by atoms with Crippen molar-refractivity contribution in [2.45, 2.75) is 58.5 Å². The van der Waals surface area contributed by atoms with Gasteiger partial charge in [0, 0.05) is 126 Å². The van der Waals surface area contributed by atoms with Crippen LogP contribution in [0.4, 0.5) is 63.1 Å². The van der Waals surface area contributed by atoms with Crippen LogP contribution in [0.1, 0.15) is 43.7 Å². The number of piperidine rings is 2.